The maximum atomic E-state index is 12.3. The van der Waals surface area contributed by atoms with E-state index in [-0.39, 0.29) is 30.0 Å². The normalized spacial score (nSPS) is 19.1. The molecule has 31 heavy (non-hydrogen) atoms. The number of hydrogen-bond donors (Lipinski definition) is 3. The predicted octanol–water partition coefficient (Wildman–Crippen LogP) is 2.92. The van der Waals surface area contributed by atoms with Gasteiger partial charge in [0.1, 0.15) is 5.75 Å². The Balaban J connectivity index is 1.59. The zero-order chi connectivity index (χ0) is 22.8. The van der Waals surface area contributed by atoms with Crippen molar-refractivity contribution in [3.05, 3.63) is 41.2 Å². The third-order valence-corrected chi connectivity index (χ3v) is 4.92. The highest BCUT2D eigenvalue weighted by atomic mass is 19.4. The first-order valence-electron chi connectivity index (χ1n) is 9.77. The zero-order valence-electron chi connectivity index (χ0n) is 17.3. The van der Waals surface area contributed by atoms with Crippen LogP contribution in [0.3, 0.4) is 0 Å². The molecule has 3 rings (SSSR count). The molecule has 168 valence electrons. The minimum atomic E-state index is -4.76. The molecule has 0 bridgehead atoms. The molecule has 1 aliphatic rings. The smallest absolute Gasteiger partial charge is 0.406 e. The van der Waals surface area contributed by atoms with Crippen LogP contribution in [0.25, 0.3) is 0 Å². The topological polar surface area (TPSA) is 97.3 Å². The number of aryl methyl sites for hydroxylation is 1. The molecule has 2 amide bonds. The van der Waals surface area contributed by atoms with Crippen molar-refractivity contribution in [2.75, 3.05) is 5.32 Å². The van der Waals surface area contributed by atoms with Gasteiger partial charge in [0.15, 0.2) is 6.29 Å². The van der Waals surface area contributed by atoms with E-state index in [1.165, 1.54) is 12.1 Å². The fourth-order valence-corrected chi connectivity index (χ4v) is 3.50. The van der Waals surface area contributed by atoms with Crippen molar-refractivity contribution >= 4 is 17.5 Å². The molecule has 1 saturated heterocycles. The Bertz CT molecular complexity index is 956. The van der Waals surface area contributed by atoms with Crippen LogP contribution in [-0.2, 0) is 16.0 Å². The molecule has 0 radical (unpaired) electrons. The lowest BCUT2D eigenvalue weighted by molar-refractivity contribution is -0.274. The van der Waals surface area contributed by atoms with Crippen LogP contribution >= 0.6 is 0 Å². The molecule has 2 unspecified atom stereocenters. The molecule has 2 heterocycles. The number of benzene rings is 1. The van der Waals surface area contributed by atoms with Gasteiger partial charge in [-0.1, -0.05) is 0 Å². The van der Waals surface area contributed by atoms with Gasteiger partial charge in [-0.05, 0) is 57.0 Å². The molecule has 1 fully saturated rings. The monoisotopic (exact) mass is 439 g/mol. The van der Waals surface area contributed by atoms with Gasteiger partial charge in [0.05, 0.1) is 5.69 Å². The van der Waals surface area contributed by atoms with Crippen LogP contribution in [0.1, 0.15) is 43.0 Å². The number of ether oxygens (including phenoxy) is 1. The summed E-state index contributed by atoms with van der Waals surface area (Å²) in [7, 11) is 0. The Morgan fingerprint density at radius 2 is 1.97 bits per heavy atom. The van der Waals surface area contributed by atoms with Gasteiger partial charge in [-0.3, -0.25) is 14.9 Å². The molecular formula is C20H24F3N5O3. The fourth-order valence-electron chi connectivity index (χ4n) is 3.50. The fraction of sp³-hybridized carbons (Fsp3) is 0.450. The van der Waals surface area contributed by atoms with Crippen molar-refractivity contribution in [3.8, 4) is 5.75 Å². The summed E-state index contributed by atoms with van der Waals surface area (Å²) < 4.78 is 42.2. The Labute approximate surface area is 177 Å². The lowest BCUT2D eigenvalue weighted by atomic mass is 10.1. The van der Waals surface area contributed by atoms with Crippen LogP contribution in [0, 0.1) is 13.8 Å². The summed E-state index contributed by atoms with van der Waals surface area (Å²) in [5, 5.41) is 13.3. The highest BCUT2D eigenvalue weighted by Gasteiger charge is 2.31. The predicted molar refractivity (Wildman–Crippen MR) is 106 cm³/mol. The highest BCUT2D eigenvalue weighted by Crippen LogP contribution is 2.24. The first-order chi connectivity index (χ1) is 14.5. The van der Waals surface area contributed by atoms with Gasteiger partial charge in [0.25, 0.3) is 0 Å². The third-order valence-electron chi connectivity index (χ3n) is 4.92. The number of amides is 2. The summed E-state index contributed by atoms with van der Waals surface area (Å²) in [6.45, 7) is 5.63. The average Bonchev–Trinajstić information content (AvgIpc) is 2.93. The molecule has 11 heteroatoms. The molecule has 1 aliphatic heterocycles. The number of halogens is 3. The van der Waals surface area contributed by atoms with E-state index < -0.39 is 12.7 Å². The number of carbonyl (C=O) groups is 2. The van der Waals surface area contributed by atoms with Crippen LogP contribution in [0.15, 0.2) is 24.3 Å². The van der Waals surface area contributed by atoms with Gasteiger partial charge in [0, 0.05) is 30.3 Å². The van der Waals surface area contributed by atoms with Gasteiger partial charge in [-0.2, -0.15) is 5.10 Å². The van der Waals surface area contributed by atoms with Gasteiger partial charge in [-0.15, -0.1) is 13.2 Å². The molecule has 2 aromatic rings. The van der Waals surface area contributed by atoms with Crippen LogP contribution in [0.5, 0.6) is 5.75 Å². The van der Waals surface area contributed by atoms with E-state index in [9.17, 15) is 22.8 Å². The summed E-state index contributed by atoms with van der Waals surface area (Å²) in [6.07, 6.45) is -4.23. The van der Waals surface area contributed by atoms with Crippen molar-refractivity contribution in [2.45, 2.75) is 58.7 Å². The van der Waals surface area contributed by atoms with E-state index in [4.69, 9.17) is 0 Å². The van der Waals surface area contributed by atoms with E-state index in [1.54, 1.807) is 4.68 Å². The highest BCUT2D eigenvalue weighted by molar-refractivity contribution is 5.90. The Hall–Kier alpha value is -3.08. The number of anilines is 1. The molecule has 3 N–H and O–H groups in total. The first-order valence-corrected chi connectivity index (χ1v) is 9.77. The van der Waals surface area contributed by atoms with Gasteiger partial charge in [0.2, 0.25) is 11.8 Å². The van der Waals surface area contributed by atoms with Gasteiger partial charge in [-0.25, -0.2) is 4.68 Å². The van der Waals surface area contributed by atoms with Crippen LogP contribution in [0.2, 0.25) is 0 Å². The van der Waals surface area contributed by atoms with Crippen molar-refractivity contribution in [1.82, 2.24) is 20.4 Å². The average molecular weight is 439 g/mol. The Morgan fingerprint density at radius 3 is 2.58 bits per heavy atom. The van der Waals surface area contributed by atoms with Crippen molar-refractivity contribution in [1.29, 1.82) is 0 Å². The maximum Gasteiger partial charge on any atom is 0.573 e. The summed E-state index contributed by atoms with van der Waals surface area (Å²) in [4.78, 5) is 24.1. The molecule has 8 nitrogen and oxygen atoms in total. The van der Waals surface area contributed by atoms with Crippen LogP contribution in [-0.4, -0.2) is 34.0 Å². The molecule has 2 atom stereocenters. The second-order valence-electron chi connectivity index (χ2n) is 7.46. The second kappa shape index (κ2) is 8.96. The molecule has 1 aromatic heterocycles. The van der Waals surface area contributed by atoms with E-state index in [0.29, 0.717) is 18.5 Å². The van der Waals surface area contributed by atoms with Crippen molar-refractivity contribution in [3.63, 3.8) is 0 Å². The summed E-state index contributed by atoms with van der Waals surface area (Å²) in [6, 6.07) is 4.96. The molecular weight excluding hydrogens is 415 g/mol. The van der Waals surface area contributed by atoms with Crippen molar-refractivity contribution < 1.29 is 27.5 Å². The maximum absolute atomic E-state index is 12.3. The van der Waals surface area contributed by atoms with Gasteiger partial charge < -0.3 is 15.4 Å². The number of alkyl halides is 3. The quantitative estimate of drug-likeness (QED) is 0.643. The standard InChI is InChI=1S/C20H24F3N5O3/c1-11-10-18(30)26-19(24-11)28-13(3)16(12(2)27-28)8-9-17(29)25-14-4-6-15(7-5-14)31-20(21,22)23/h4-7,11,19,24H,8-10H2,1-3H3,(H,25,29)(H,26,30). The Kier molecular flexibility index (Phi) is 6.54. The van der Waals surface area contributed by atoms with Crippen LogP contribution in [0.4, 0.5) is 18.9 Å². The number of hydrogen-bond acceptors (Lipinski definition) is 5. The lowest BCUT2D eigenvalue weighted by Crippen LogP contribution is -2.52. The summed E-state index contributed by atoms with van der Waals surface area (Å²) in [5.74, 6) is -0.702. The van der Waals surface area contributed by atoms with Crippen molar-refractivity contribution in [2.24, 2.45) is 0 Å². The number of carbonyl (C=O) groups excluding carboxylic acids is 2. The first kappa shape index (κ1) is 22.6. The number of nitrogens with one attached hydrogen (secondary N) is 3. The molecule has 0 aliphatic carbocycles. The largest absolute Gasteiger partial charge is 0.573 e. The summed E-state index contributed by atoms with van der Waals surface area (Å²) >= 11 is 0. The van der Waals surface area contributed by atoms with E-state index in [1.807, 2.05) is 20.8 Å². The second-order valence-corrected chi connectivity index (χ2v) is 7.46. The number of nitrogens with zero attached hydrogens (tertiary/aromatic N) is 2. The zero-order valence-corrected chi connectivity index (χ0v) is 17.3. The number of rotatable bonds is 6. The van der Waals surface area contributed by atoms with E-state index in [0.717, 1.165) is 29.1 Å². The summed E-state index contributed by atoms with van der Waals surface area (Å²) in [5.41, 5.74) is 2.87. The van der Waals surface area contributed by atoms with E-state index >= 15 is 0 Å². The third kappa shape index (κ3) is 5.97. The minimum Gasteiger partial charge on any atom is -0.406 e. The minimum absolute atomic E-state index is 0.0183. The van der Waals surface area contributed by atoms with Crippen LogP contribution < -0.4 is 20.7 Å². The van der Waals surface area contributed by atoms with E-state index in [2.05, 4.69) is 25.8 Å². The SMILES string of the molecule is Cc1nn(C2NC(=O)CC(C)N2)c(C)c1CCC(=O)Nc1ccc(OC(F)(F)F)cc1. The lowest BCUT2D eigenvalue weighted by Gasteiger charge is -2.30. The number of aromatic nitrogens is 2. The van der Waals surface area contributed by atoms with Gasteiger partial charge >= 0.3 is 6.36 Å². The molecule has 0 spiro atoms. The Morgan fingerprint density at radius 1 is 1.29 bits per heavy atom. The molecule has 1 aromatic carbocycles. The molecule has 0 saturated carbocycles.